The molecule has 0 bridgehead atoms. The number of ether oxygens (including phenoxy) is 1. The molecule has 26 heavy (non-hydrogen) atoms. The smallest absolute Gasteiger partial charge is 0.253 e. The average molecular weight is 357 g/mol. The fourth-order valence-electron chi connectivity index (χ4n) is 3.89. The maximum absolute atomic E-state index is 12.3. The van der Waals surface area contributed by atoms with Crippen LogP contribution in [0.5, 0.6) is 0 Å². The third kappa shape index (κ3) is 4.71. The number of hydrogen-bond donors (Lipinski definition) is 1. The van der Waals surface area contributed by atoms with Gasteiger partial charge >= 0.3 is 0 Å². The van der Waals surface area contributed by atoms with E-state index in [0.29, 0.717) is 12.1 Å². The number of aromatic nitrogens is 1. The first-order valence-electron chi connectivity index (χ1n) is 9.71. The second-order valence-electron chi connectivity index (χ2n) is 7.89. The van der Waals surface area contributed by atoms with Crippen LogP contribution in [0.1, 0.15) is 55.6 Å². The molecule has 1 spiro atoms. The van der Waals surface area contributed by atoms with E-state index in [1.54, 1.807) is 12.3 Å². The summed E-state index contributed by atoms with van der Waals surface area (Å²) in [6.07, 6.45) is 8.45. The zero-order valence-corrected chi connectivity index (χ0v) is 16.3. The van der Waals surface area contributed by atoms with Gasteiger partial charge in [-0.2, -0.15) is 0 Å². The molecule has 2 aliphatic heterocycles. The van der Waals surface area contributed by atoms with Crippen molar-refractivity contribution in [2.75, 3.05) is 26.2 Å². The Morgan fingerprint density at radius 2 is 2.15 bits per heavy atom. The van der Waals surface area contributed by atoms with Crippen molar-refractivity contribution in [3.05, 3.63) is 41.2 Å². The minimum atomic E-state index is -0.0586. The number of nitrogens with zero attached hydrogens (tertiary/aromatic N) is 2. The number of carbonyl (C=O) groups excluding carboxylic acids is 1. The maximum Gasteiger partial charge on any atom is 0.253 e. The first-order chi connectivity index (χ1) is 12.5. The van der Waals surface area contributed by atoms with Gasteiger partial charge in [0.1, 0.15) is 0 Å². The predicted molar refractivity (Wildman–Crippen MR) is 103 cm³/mol. The van der Waals surface area contributed by atoms with Crippen molar-refractivity contribution >= 4 is 5.91 Å². The van der Waals surface area contributed by atoms with Crippen LogP contribution in [0, 0.1) is 6.92 Å². The highest BCUT2D eigenvalue weighted by Gasteiger charge is 2.42. The molecule has 2 aliphatic rings. The number of allylic oxidation sites excluding steroid dienone is 1. The SMILES string of the molecule is CC(C)=CCN1CCC2(CCC(CNC(=O)c3cccnc3C)O2)CC1. The second-order valence-corrected chi connectivity index (χ2v) is 7.89. The van der Waals surface area contributed by atoms with E-state index in [-0.39, 0.29) is 17.6 Å². The molecule has 3 heterocycles. The zero-order chi connectivity index (χ0) is 18.6. The molecule has 142 valence electrons. The van der Waals surface area contributed by atoms with Crippen LogP contribution in [0.15, 0.2) is 30.0 Å². The van der Waals surface area contributed by atoms with Crippen LogP contribution in [0.3, 0.4) is 0 Å². The molecule has 0 saturated carbocycles. The first kappa shape index (κ1) is 19.1. The van der Waals surface area contributed by atoms with Gasteiger partial charge in [0.25, 0.3) is 5.91 Å². The monoisotopic (exact) mass is 357 g/mol. The van der Waals surface area contributed by atoms with Crippen molar-refractivity contribution in [2.24, 2.45) is 0 Å². The molecule has 1 N–H and O–H groups in total. The molecular formula is C21H31N3O2. The molecule has 3 rings (SSSR count). The van der Waals surface area contributed by atoms with Gasteiger partial charge in [-0.15, -0.1) is 0 Å². The molecule has 0 radical (unpaired) electrons. The molecule has 1 atom stereocenters. The standard InChI is InChI=1S/C21H31N3O2/c1-16(2)7-12-24-13-9-21(10-14-24)8-6-18(26-21)15-23-20(25)19-5-4-11-22-17(19)3/h4-5,7,11,18H,6,8-10,12-15H2,1-3H3,(H,23,25). The number of pyridine rings is 1. The molecule has 5 nitrogen and oxygen atoms in total. The molecule has 0 aromatic carbocycles. The van der Waals surface area contributed by atoms with Crippen LogP contribution in [0.4, 0.5) is 0 Å². The Kier molecular flexibility index (Phi) is 6.09. The minimum absolute atomic E-state index is 0.0289. The van der Waals surface area contributed by atoms with Gasteiger partial charge in [0.2, 0.25) is 0 Å². The lowest BCUT2D eigenvalue weighted by molar-refractivity contribution is -0.0741. The third-order valence-corrected chi connectivity index (χ3v) is 5.61. The van der Waals surface area contributed by atoms with Crippen molar-refractivity contribution in [3.63, 3.8) is 0 Å². The van der Waals surface area contributed by atoms with Crippen molar-refractivity contribution in [1.82, 2.24) is 15.2 Å². The summed E-state index contributed by atoms with van der Waals surface area (Å²) in [7, 11) is 0. The van der Waals surface area contributed by atoms with E-state index in [1.807, 2.05) is 13.0 Å². The van der Waals surface area contributed by atoms with Crippen molar-refractivity contribution in [2.45, 2.75) is 58.2 Å². The van der Waals surface area contributed by atoms with Gasteiger partial charge in [0.05, 0.1) is 17.3 Å². The van der Waals surface area contributed by atoms with E-state index in [0.717, 1.165) is 51.0 Å². The Morgan fingerprint density at radius 3 is 2.85 bits per heavy atom. The Bertz CT molecular complexity index is 659. The van der Waals surface area contributed by atoms with Gasteiger partial charge in [-0.1, -0.05) is 11.6 Å². The van der Waals surface area contributed by atoms with Crippen LogP contribution < -0.4 is 5.32 Å². The van der Waals surface area contributed by atoms with Gasteiger partial charge in [-0.3, -0.25) is 14.7 Å². The Balaban J connectivity index is 1.45. The highest BCUT2D eigenvalue weighted by molar-refractivity contribution is 5.95. The summed E-state index contributed by atoms with van der Waals surface area (Å²) in [6, 6.07) is 3.61. The van der Waals surface area contributed by atoms with E-state index >= 15 is 0 Å². The van der Waals surface area contributed by atoms with Gasteiger partial charge in [-0.25, -0.2) is 0 Å². The Morgan fingerprint density at radius 1 is 1.38 bits per heavy atom. The molecule has 1 aromatic heterocycles. The average Bonchev–Trinajstić information content (AvgIpc) is 3.02. The fourth-order valence-corrected chi connectivity index (χ4v) is 3.89. The summed E-state index contributed by atoms with van der Waals surface area (Å²) >= 11 is 0. The summed E-state index contributed by atoms with van der Waals surface area (Å²) in [5.74, 6) is -0.0586. The van der Waals surface area contributed by atoms with Crippen LogP contribution in [-0.4, -0.2) is 53.7 Å². The fraction of sp³-hybridized carbons (Fsp3) is 0.619. The summed E-state index contributed by atoms with van der Waals surface area (Å²) in [5, 5.41) is 3.02. The zero-order valence-electron chi connectivity index (χ0n) is 16.3. The molecule has 0 aliphatic carbocycles. The normalized spacial score (nSPS) is 22.3. The van der Waals surface area contributed by atoms with Gasteiger partial charge in [0.15, 0.2) is 0 Å². The number of piperidine rings is 1. The van der Waals surface area contributed by atoms with Gasteiger partial charge in [0, 0.05) is 38.1 Å². The van der Waals surface area contributed by atoms with Gasteiger partial charge < -0.3 is 10.1 Å². The molecule has 5 heteroatoms. The quantitative estimate of drug-likeness (QED) is 0.823. The van der Waals surface area contributed by atoms with Crippen LogP contribution in [0.25, 0.3) is 0 Å². The number of aryl methyl sites for hydroxylation is 1. The largest absolute Gasteiger partial charge is 0.370 e. The summed E-state index contributed by atoms with van der Waals surface area (Å²) in [5.41, 5.74) is 2.81. The lowest BCUT2D eigenvalue weighted by Gasteiger charge is -2.39. The minimum Gasteiger partial charge on any atom is -0.370 e. The molecular weight excluding hydrogens is 326 g/mol. The van der Waals surface area contributed by atoms with Crippen molar-refractivity contribution < 1.29 is 9.53 Å². The van der Waals surface area contributed by atoms with Crippen LogP contribution >= 0.6 is 0 Å². The Hall–Kier alpha value is -1.72. The predicted octanol–water partition coefficient (Wildman–Crippen LogP) is 3.10. The molecule has 1 unspecified atom stereocenters. The third-order valence-electron chi connectivity index (χ3n) is 5.61. The van der Waals surface area contributed by atoms with E-state index in [9.17, 15) is 4.79 Å². The number of hydrogen-bond acceptors (Lipinski definition) is 4. The molecule has 1 aromatic rings. The lowest BCUT2D eigenvalue weighted by Crippen LogP contribution is -2.45. The number of nitrogens with one attached hydrogen (secondary N) is 1. The number of carbonyl (C=O) groups is 1. The van der Waals surface area contributed by atoms with Crippen molar-refractivity contribution in [3.8, 4) is 0 Å². The Labute approximate surface area is 156 Å². The number of amides is 1. The lowest BCUT2D eigenvalue weighted by atomic mass is 9.88. The summed E-state index contributed by atoms with van der Waals surface area (Å²) in [6.45, 7) is 9.97. The number of likely N-dealkylation sites (tertiary alicyclic amines) is 1. The van der Waals surface area contributed by atoms with E-state index in [2.05, 4.69) is 35.1 Å². The van der Waals surface area contributed by atoms with Crippen LogP contribution in [0.2, 0.25) is 0 Å². The highest BCUT2D eigenvalue weighted by atomic mass is 16.5. The van der Waals surface area contributed by atoms with Crippen molar-refractivity contribution in [1.29, 1.82) is 0 Å². The molecule has 1 amide bonds. The van der Waals surface area contributed by atoms with E-state index in [4.69, 9.17) is 4.74 Å². The van der Waals surface area contributed by atoms with E-state index in [1.165, 1.54) is 5.57 Å². The first-order valence-corrected chi connectivity index (χ1v) is 9.71. The maximum atomic E-state index is 12.3. The highest BCUT2D eigenvalue weighted by Crippen LogP contribution is 2.38. The summed E-state index contributed by atoms with van der Waals surface area (Å²) in [4.78, 5) is 19.0. The van der Waals surface area contributed by atoms with Gasteiger partial charge in [-0.05, 0) is 58.6 Å². The topological polar surface area (TPSA) is 54.5 Å². The number of rotatable bonds is 5. The van der Waals surface area contributed by atoms with E-state index < -0.39 is 0 Å². The molecule has 2 fully saturated rings. The molecule has 2 saturated heterocycles. The summed E-state index contributed by atoms with van der Waals surface area (Å²) < 4.78 is 6.41. The second kappa shape index (κ2) is 8.31. The van der Waals surface area contributed by atoms with Crippen LogP contribution in [-0.2, 0) is 4.74 Å².